The van der Waals surface area contributed by atoms with Gasteiger partial charge in [0.05, 0.1) is 5.56 Å². The highest BCUT2D eigenvalue weighted by Gasteiger charge is 2.37. The number of azo groups is 1. The standard InChI is InChI=1S/C18H12Br3N7O2/c1-26-15-14(24-23-13-11(20)6-10(19)7-12(13)21)16(27(2)18(26)30)28(25-15)17(29)9-4-3-5-22-8-9/h3-8H,1-2H3. The minimum Gasteiger partial charge on any atom is -0.279 e. The van der Waals surface area contributed by atoms with E-state index >= 15 is 0 Å². The summed E-state index contributed by atoms with van der Waals surface area (Å²) < 4.78 is 3.43. The number of rotatable bonds is 3. The number of carbonyl (C=O) groups is 2. The largest absolute Gasteiger partial charge is 0.330 e. The summed E-state index contributed by atoms with van der Waals surface area (Å²) in [5, 5.41) is 13.0. The third kappa shape index (κ3) is 3.48. The molecule has 1 aromatic carbocycles. The van der Waals surface area contributed by atoms with E-state index in [1.54, 1.807) is 32.4 Å². The molecule has 1 aliphatic rings. The van der Waals surface area contributed by atoms with Crippen LogP contribution >= 0.6 is 47.8 Å². The Morgan fingerprint density at radius 2 is 1.70 bits per heavy atom. The Hall–Kier alpha value is -2.44. The van der Waals surface area contributed by atoms with Crippen LogP contribution in [0.15, 0.2) is 60.3 Å². The maximum absolute atomic E-state index is 13.0. The van der Waals surface area contributed by atoms with Crippen molar-refractivity contribution in [2.45, 2.75) is 0 Å². The van der Waals surface area contributed by atoms with Crippen molar-refractivity contribution in [3.05, 3.63) is 55.6 Å². The Bertz CT molecular complexity index is 1190. The van der Waals surface area contributed by atoms with Gasteiger partial charge in [0.1, 0.15) is 5.69 Å². The molecular formula is C18H12Br3N7O2. The molecule has 1 aliphatic heterocycles. The van der Waals surface area contributed by atoms with Crippen molar-refractivity contribution in [3.63, 3.8) is 0 Å². The minimum absolute atomic E-state index is 0.232. The van der Waals surface area contributed by atoms with Gasteiger partial charge in [-0.1, -0.05) is 15.9 Å². The second-order valence-electron chi connectivity index (χ2n) is 6.27. The van der Waals surface area contributed by atoms with Crippen molar-refractivity contribution in [2.24, 2.45) is 10.2 Å². The summed E-state index contributed by atoms with van der Waals surface area (Å²) >= 11 is 10.3. The number of benzene rings is 1. The lowest BCUT2D eigenvalue weighted by Crippen LogP contribution is -2.41. The quantitative estimate of drug-likeness (QED) is 0.363. The third-order valence-corrected chi connectivity index (χ3v) is 6.03. The van der Waals surface area contributed by atoms with Crippen molar-refractivity contribution >= 4 is 82.7 Å². The molecule has 2 amide bonds. The fourth-order valence-electron chi connectivity index (χ4n) is 2.90. The zero-order chi connectivity index (χ0) is 21.6. The summed E-state index contributed by atoms with van der Waals surface area (Å²) in [5.41, 5.74) is 1.19. The molecule has 4 rings (SSSR count). The number of nitrogens with zero attached hydrogens (tertiary/aromatic N) is 7. The van der Waals surface area contributed by atoms with Crippen LogP contribution in [0.1, 0.15) is 10.4 Å². The Morgan fingerprint density at radius 3 is 2.33 bits per heavy atom. The van der Waals surface area contributed by atoms with Gasteiger partial charge in [-0.2, -0.15) is 4.68 Å². The molecule has 0 radical (unpaired) electrons. The topological polar surface area (TPSA) is 96.0 Å². The molecule has 0 atom stereocenters. The van der Waals surface area contributed by atoms with E-state index in [1.165, 1.54) is 16.0 Å². The molecule has 12 heteroatoms. The molecule has 0 saturated heterocycles. The van der Waals surface area contributed by atoms with E-state index in [2.05, 4.69) is 68.1 Å². The molecule has 30 heavy (non-hydrogen) atoms. The first-order valence-corrected chi connectivity index (χ1v) is 10.8. The van der Waals surface area contributed by atoms with Crippen LogP contribution in [0.4, 0.5) is 27.8 Å². The Labute approximate surface area is 196 Å². The molecule has 9 nitrogen and oxygen atoms in total. The van der Waals surface area contributed by atoms with Gasteiger partial charge in [0.25, 0.3) is 5.91 Å². The summed E-state index contributed by atoms with van der Waals surface area (Å²) in [6.45, 7) is 0. The Kier molecular flexibility index (Phi) is 5.55. The SMILES string of the molecule is CN1C(=O)N(C)c2c(N=Nc3c(Br)cc(Br)cc3Br)c1nn2C(=O)c1cccnc1. The molecule has 0 spiro atoms. The number of hydrogen-bond acceptors (Lipinski definition) is 6. The highest BCUT2D eigenvalue weighted by Crippen LogP contribution is 2.44. The molecular weight excluding hydrogens is 586 g/mol. The van der Waals surface area contributed by atoms with Crippen LogP contribution in [-0.4, -0.2) is 40.8 Å². The lowest BCUT2D eigenvalue weighted by atomic mass is 10.2. The van der Waals surface area contributed by atoms with Gasteiger partial charge in [0.2, 0.25) is 0 Å². The molecule has 0 fully saturated rings. The van der Waals surface area contributed by atoms with Crippen LogP contribution < -0.4 is 9.80 Å². The normalized spacial score (nSPS) is 13.4. The van der Waals surface area contributed by atoms with Gasteiger partial charge in [-0.3, -0.25) is 19.6 Å². The fraction of sp³-hybridized carbons (Fsp3) is 0.111. The first-order chi connectivity index (χ1) is 14.3. The number of hydrogen-bond donors (Lipinski definition) is 0. The summed E-state index contributed by atoms with van der Waals surface area (Å²) in [4.78, 5) is 32.2. The number of carbonyl (C=O) groups excluding carboxylic acids is 2. The van der Waals surface area contributed by atoms with Gasteiger partial charge >= 0.3 is 6.03 Å². The molecule has 0 unspecified atom stereocenters. The van der Waals surface area contributed by atoms with Crippen molar-refractivity contribution in [1.82, 2.24) is 14.8 Å². The summed E-state index contributed by atoms with van der Waals surface area (Å²) in [5.74, 6) is 0.0373. The van der Waals surface area contributed by atoms with E-state index in [4.69, 9.17) is 0 Å². The highest BCUT2D eigenvalue weighted by atomic mass is 79.9. The summed E-state index contributed by atoms with van der Waals surface area (Å²) in [6.07, 6.45) is 3.01. The number of amides is 2. The first kappa shape index (κ1) is 20.8. The zero-order valence-electron chi connectivity index (χ0n) is 15.5. The predicted molar refractivity (Wildman–Crippen MR) is 122 cm³/mol. The Morgan fingerprint density at radius 1 is 1.03 bits per heavy atom. The maximum Gasteiger partial charge on any atom is 0.330 e. The van der Waals surface area contributed by atoms with Crippen molar-refractivity contribution < 1.29 is 9.59 Å². The van der Waals surface area contributed by atoms with Crippen molar-refractivity contribution in [1.29, 1.82) is 0 Å². The minimum atomic E-state index is -0.429. The second kappa shape index (κ2) is 8.00. The molecule has 0 N–H and O–H groups in total. The van der Waals surface area contributed by atoms with E-state index in [-0.39, 0.29) is 17.7 Å². The summed E-state index contributed by atoms with van der Waals surface area (Å²) in [7, 11) is 3.11. The number of halogens is 3. The van der Waals surface area contributed by atoms with Crippen molar-refractivity contribution in [3.8, 4) is 0 Å². The second-order valence-corrected chi connectivity index (χ2v) is 8.90. The lowest BCUT2D eigenvalue weighted by Gasteiger charge is -2.26. The van der Waals surface area contributed by atoms with Gasteiger partial charge in [0.15, 0.2) is 17.3 Å². The van der Waals surface area contributed by atoms with Crippen LogP contribution in [0, 0.1) is 0 Å². The average Bonchev–Trinajstić information content (AvgIpc) is 3.06. The first-order valence-electron chi connectivity index (χ1n) is 8.45. The van der Waals surface area contributed by atoms with Crippen LogP contribution in [0.2, 0.25) is 0 Å². The van der Waals surface area contributed by atoms with Crippen molar-refractivity contribution in [2.75, 3.05) is 23.9 Å². The predicted octanol–water partition coefficient (Wildman–Crippen LogP) is 5.68. The zero-order valence-corrected chi connectivity index (χ0v) is 20.3. The van der Waals surface area contributed by atoms with Gasteiger partial charge in [0, 0.05) is 39.9 Å². The number of aromatic nitrogens is 3. The van der Waals surface area contributed by atoms with Crippen LogP contribution in [0.3, 0.4) is 0 Å². The number of fused-ring (bicyclic) bond motifs is 2. The van der Waals surface area contributed by atoms with Gasteiger partial charge in [-0.05, 0) is 56.1 Å². The van der Waals surface area contributed by atoms with Gasteiger partial charge < -0.3 is 0 Å². The number of urea groups is 1. The van der Waals surface area contributed by atoms with Gasteiger partial charge in [-0.25, -0.2) is 4.79 Å². The van der Waals surface area contributed by atoms with E-state index in [9.17, 15) is 9.59 Å². The number of pyridine rings is 1. The molecule has 0 aliphatic carbocycles. The van der Waals surface area contributed by atoms with Crippen LogP contribution in [0.5, 0.6) is 0 Å². The molecule has 0 saturated carbocycles. The lowest BCUT2D eigenvalue weighted by molar-refractivity contribution is 0.0947. The van der Waals surface area contributed by atoms with E-state index in [1.807, 2.05) is 12.1 Å². The molecule has 3 aromatic rings. The number of anilines is 2. The van der Waals surface area contributed by atoms with Gasteiger partial charge in [-0.15, -0.1) is 15.3 Å². The Balaban J connectivity index is 1.85. The highest BCUT2D eigenvalue weighted by molar-refractivity contribution is 9.11. The monoisotopic (exact) mass is 595 g/mol. The molecule has 2 aromatic heterocycles. The average molecular weight is 598 g/mol. The smallest absolute Gasteiger partial charge is 0.279 e. The van der Waals surface area contributed by atoms with E-state index in [0.717, 1.165) is 9.15 Å². The third-order valence-electron chi connectivity index (χ3n) is 4.36. The maximum atomic E-state index is 13.0. The van der Waals surface area contributed by atoms with E-state index < -0.39 is 5.91 Å². The summed E-state index contributed by atoms with van der Waals surface area (Å²) in [6, 6.07) is 6.62. The van der Waals surface area contributed by atoms with Crippen LogP contribution in [0.25, 0.3) is 0 Å². The van der Waals surface area contributed by atoms with E-state index in [0.29, 0.717) is 25.9 Å². The molecule has 2 bridgehead atoms. The molecule has 152 valence electrons. The molecule has 3 heterocycles. The van der Waals surface area contributed by atoms with Crippen LogP contribution in [-0.2, 0) is 0 Å². The fourth-order valence-corrected chi connectivity index (χ4v) is 5.31.